The van der Waals surface area contributed by atoms with Gasteiger partial charge in [-0.3, -0.25) is 0 Å². The van der Waals surface area contributed by atoms with Crippen molar-refractivity contribution in [1.82, 2.24) is 18.9 Å². The van der Waals surface area contributed by atoms with E-state index in [1.54, 1.807) is 41.0 Å². The fourth-order valence-corrected chi connectivity index (χ4v) is 3.08. The molecular weight excluding hydrogens is 276 g/mol. The van der Waals surface area contributed by atoms with Gasteiger partial charge in [-0.05, 0) is 12.1 Å². The van der Waals surface area contributed by atoms with E-state index in [4.69, 9.17) is 0 Å². The van der Waals surface area contributed by atoms with Crippen LogP contribution in [0.1, 0.15) is 0 Å². The average molecular weight is 290 g/mol. The summed E-state index contributed by atoms with van der Waals surface area (Å²) in [7, 11) is -3.44. The van der Waals surface area contributed by atoms with Gasteiger partial charge in [0.05, 0.1) is 11.1 Å². The lowest BCUT2D eigenvalue weighted by atomic mass is 10.4. The van der Waals surface area contributed by atoms with E-state index in [1.807, 2.05) is 23.0 Å². The molecule has 0 atom stereocenters. The van der Waals surface area contributed by atoms with E-state index in [0.29, 0.717) is 13.1 Å². The van der Waals surface area contributed by atoms with Crippen molar-refractivity contribution >= 4 is 15.7 Å². The third-order valence-electron chi connectivity index (χ3n) is 3.03. The van der Waals surface area contributed by atoms with Crippen molar-refractivity contribution in [2.75, 3.05) is 6.54 Å². The molecule has 0 bridgehead atoms. The first-order chi connectivity index (χ1) is 9.67. The van der Waals surface area contributed by atoms with Crippen molar-refractivity contribution in [1.29, 1.82) is 0 Å². The summed E-state index contributed by atoms with van der Waals surface area (Å²) in [5, 5.41) is 4.10. The molecule has 3 aromatic rings. The molecule has 7 heteroatoms. The van der Waals surface area contributed by atoms with E-state index in [9.17, 15) is 8.42 Å². The SMILES string of the molecule is O=S(=O)(NCCn1ccn2nccc12)c1ccccc1. The summed E-state index contributed by atoms with van der Waals surface area (Å²) < 4.78 is 30.4. The first-order valence-electron chi connectivity index (χ1n) is 6.20. The quantitative estimate of drug-likeness (QED) is 0.765. The second kappa shape index (κ2) is 5.10. The van der Waals surface area contributed by atoms with Crippen molar-refractivity contribution in [2.24, 2.45) is 0 Å². The Morgan fingerprint density at radius 3 is 2.70 bits per heavy atom. The van der Waals surface area contributed by atoms with Gasteiger partial charge in [0.15, 0.2) is 0 Å². The Labute approximate surface area is 116 Å². The van der Waals surface area contributed by atoms with Crippen molar-refractivity contribution in [3.8, 4) is 0 Å². The van der Waals surface area contributed by atoms with E-state index in [0.717, 1.165) is 5.65 Å². The predicted molar refractivity (Wildman–Crippen MR) is 74.8 cm³/mol. The van der Waals surface area contributed by atoms with Crippen LogP contribution in [0.2, 0.25) is 0 Å². The van der Waals surface area contributed by atoms with Gasteiger partial charge in [-0.25, -0.2) is 17.7 Å². The molecule has 20 heavy (non-hydrogen) atoms. The van der Waals surface area contributed by atoms with Gasteiger partial charge >= 0.3 is 0 Å². The first kappa shape index (κ1) is 12.9. The van der Waals surface area contributed by atoms with Crippen LogP contribution >= 0.6 is 0 Å². The number of sulfonamides is 1. The molecule has 3 rings (SSSR count). The lowest BCUT2D eigenvalue weighted by molar-refractivity contribution is 0.574. The lowest BCUT2D eigenvalue weighted by Gasteiger charge is -2.07. The molecule has 0 radical (unpaired) electrons. The number of nitrogens with zero attached hydrogens (tertiary/aromatic N) is 3. The topological polar surface area (TPSA) is 68.4 Å². The van der Waals surface area contributed by atoms with E-state index in [-0.39, 0.29) is 4.90 Å². The first-order valence-corrected chi connectivity index (χ1v) is 7.68. The van der Waals surface area contributed by atoms with E-state index >= 15 is 0 Å². The number of nitrogens with one attached hydrogen (secondary N) is 1. The second-order valence-electron chi connectivity index (χ2n) is 4.34. The van der Waals surface area contributed by atoms with Crippen LogP contribution in [0.3, 0.4) is 0 Å². The highest BCUT2D eigenvalue weighted by atomic mass is 32.2. The molecule has 6 nitrogen and oxygen atoms in total. The summed E-state index contributed by atoms with van der Waals surface area (Å²) in [5.41, 5.74) is 0.934. The lowest BCUT2D eigenvalue weighted by Crippen LogP contribution is -2.27. The standard InChI is InChI=1S/C13H14N4O2S/c18-20(19,12-4-2-1-3-5-12)15-8-9-16-10-11-17-13(16)6-7-14-17/h1-7,10-11,15H,8-9H2. The summed E-state index contributed by atoms with van der Waals surface area (Å²) in [6, 6.07) is 10.2. The maximum absolute atomic E-state index is 12.0. The van der Waals surface area contributed by atoms with Gasteiger partial charge in [-0.1, -0.05) is 18.2 Å². The number of imidazole rings is 1. The summed E-state index contributed by atoms with van der Waals surface area (Å²) in [4.78, 5) is 0.280. The summed E-state index contributed by atoms with van der Waals surface area (Å²) in [6.07, 6.45) is 5.42. The Morgan fingerprint density at radius 1 is 1.10 bits per heavy atom. The highest BCUT2D eigenvalue weighted by Crippen LogP contribution is 2.07. The highest BCUT2D eigenvalue weighted by molar-refractivity contribution is 7.89. The Bertz CT molecular complexity index is 805. The average Bonchev–Trinajstić information content (AvgIpc) is 3.04. The maximum Gasteiger partial charge on any atom is 0.240 e. The third kappa shape index (κ3) is 2.45. The van der Waals surface area contributed by atoms with Crippen LogP contribution in [0.5, 0.6) is 0 Å². The van der Waals surface area contributed by atoms with E-state index in [2.05, 4.69) is 9.82 Å². The number of benzene rings is 1. The molecule has 0 saturated carbocycles. The molecule has 2 aromatic heterocycles. The fourth-order valence-electron chi connectivity index (χ4n) is 2.04. The monoisotopic (exact) mass is 290 g/mol. The van der Waals surface area contributed by atoms with Gasteiger partial charge < -0.3 is 4.57 Å². The number of hydrogen-bond acceptors (Lipinski definition) is 3. The van der Waals surface area contributed by atoms with Crippen LogP contribution in [0, 0.1) is 0 Å². The smallest absolute Gasteiger partial charge is 0.240 e. The van der Waals surface area contributed by atoms with E-state index < -0.39 is 10.0 Å². The van der Waals surface area contributed by atoms with Gasteiger partial charge in [0, 0.05) is 31.5 Å². The summed E-state index contributed by atoms with van der Waals surface area (Å²) >= 11 is 0. The maximum atomic E-state index is 12.0. The van der Waals surface area contributed by atoms with Gasteiger partial charge in [0.25, 0.3) is 0 Å². The third-order valence-corrected chi connectivity index (χ3v) is 4.51. The normalized spacial score (nSPS) is 12.0. The molecule has 0 aliphatic carbocycles. The number of aromatic nitrogens is 3. The summed E-state index contributed by atoms with van der Waals surface area (Å²) in [6.45, 7) is 0.876. The molecule has 1 N–H and O–H groups in total. The molecule has 104 valence electrons. The van der Waals surface area contributed by atoms with Crippen molar-refractivity contribution in [3.05, 3.63) is 55.0 Å². The summed E-state index contributed by atoms with van der Waals surface area (Å²) in [5.74, 6) is 0. The molecule has 1 aromatic carbocycles. The van der Waals surface area contributed by atoms with Crippen LogP contribution in [-0.4, -0.2) is 29.1 Å². The van der Waals surface area contributed by atoms with Crippen LogP contribution in [0.25, 0.3) is 5.65 Å². The minimum Gasteiger partial charge on any atom is -0.330 e. The number of fused-ring (bicyclic) bond motifs is 1. The molecular formula is C13H14N4O2S. The molecule has 0 aliphatic rings. The molecule has 0 unspecified atom stereocenters. The molecule has 0 spiro atoms. The van der Waals surface area contributed by atoms with Crippen LogP contribution in [0.15, 0.2) is 59.9 Å². The van der Waals surface area contributed by atoms with Crippen molar-refractivity contribution in [3.63, 3.8) is 0 Å². The molecule has 0 saturated heterocycles. The van der Waals surface area contributed by atoms with Gasteiger partial charge in [-0.2, -0.15) is 5.10 Å². The number of hydrogen-bond donors (Lipinski definition) is 1. The van der Waals surface area contributed by atoms with Gasteiger partial charge in [0.2, 0.25) is 10.0 Å². The number of rotatable bonds is 5. The highest BCUT2D eigenvalue weighted by Gasteiger charge is 2.12. The second-order valence-corrected chi connectivity index (χ2v) is 6.10. The van der Waals surface area contributed by atoms with Crippen LogP contribution in [0.4, 0.5) is 0 Å². The zero-order valence-corrected chi connectivity index (χ0v) is 11.5. The molecule has 0 amide bonds. The van der Waals surface area contributed by atoms with Gasteiger partial charge in [-0.15, -0.1) is 0 Å². The van der Waals surface area contributed by atoms with Crippen LogP contribution in [-0.2, 0) is 16.6 Å². The van der Waals surface area contributed by atoms with Gasteiger partial charge in [0.1, 0.15) is 5.65 Å². The predicted octanol–water partition coefficient (Wildman–Crippen LogP) is 1.11. The Morgan fingerprint density at radius 2 is 1.90 bits per heavy atom. The Balaban J connectivity index is 1.67. The zero-order chi connectivity index (χ0) is 14.0. The minimum atomic E-state index is -3.44. The molecule has 2 heterocycles. The largest absolute Gasteiger partial charge is 0.330 e. The molecule has 0 aliphatic heterocycles. The van der Waals surface area contributed by atoms with Crippen molar-refractivity contribution < 1.29 is 8.42 Å². The molecule has 0 fully saturated rings. The van der Waals surface area contributed by atoms with Crippen LogP contribution < -0.4 is 4.72 Å². The fraction of sp³-hybridized carbons (Fsp3) is 0.154. The van der Waals surface area contributed by atoms with E-state index in [1.165, 1.54) is 0 Å². The zero-order valence-electron chi connectivity index (χ0n) is 10.7. The Kier molecular flexibility index (Phi) is 3.29. The Hall–Kier alpha value is -2.12. The minimum absolute atomic E-state index is 0.280. The van der Waals surface area contributed by atoms with Crippen molar-refractivity contribution in [2.45, 2.75) is 11.4 Å².